The minimum Gasteiger partial charge on any atom is -0.452 e. The Labute approximate surface area is 156 Å². The number of para-hydroxylation sites is 1. The summed E-state index contributed by atoms with van der Waals surface area (Å²) in [6.45, 7) is 5.30. The number of ether oxygens (including phenoxy) is 1. The van der Waals surface area contributed by atoms with Gasteiger partial charge in [0, 0.05) is 10.9 Å². The Bertz CT molecular complexity index is 943. The molecule has 0 bridgehead atoms. The van der Waals surface area contributed by atoms with Crippen molar-refractivity contribution in [2.75, 3.05) is 6.61 Å². The van der Waals surface area contributed by atoms with Crippen LogP contribution < -0.4 is 5.32 Å². The summed E-state index contributed by atoms with van der Waals surface area (Å²) in [5.41, 5.74) is 1.45. The highest BCUT2D eigenvalue weighted by molar-refractivity contribution is 7.13. The van der Waals surface area contributed by atoms with Crippen molar-refractivity contribution < 1.29 is 14.3 Å². The maximum atomic E-state index is 12.6. The fraction of sp³-hybridized carbons (Fsp3) is 0.250. The third kappa shape index (κ3) is 4.26. The Morgan fingerprint density at radius 3 is 2.62 bits per heavy atom. The Balaban J connectivity index is 1.88. The smallest absolute Gasteiger partial charge is 0.339 e. The number of hydrogen-bond donors (Lipinski definition) is 1. The lowest BCUT2D eigenvalue weighted by molar-refractivity contribution is -0.125. The van der Waals surface area contributed by atoms with E-state index in [0.717, 1.165) is 4.88 Å². The molecule has 0 saturated carbocycles. The average molecular weight is 368 g/mol. The highest BCUT2D eigenvalue weighted by Crippen LogP contribution is 2.28. The zero-order chi connectivity index (χ0) is 18.7. The van der Waals surface area contributed by atoms with E-state index in [0.29, 0.717) is 22.2 Å². The fourth-order valence-corrected chi connectivity index (χ4v) is 3.24. The lowest BCUT2D eigenvalue weighted by Crippen LogP contribution is -2.42. The minimum atomic E-state index is -0.537. The second kappa shape index (κ2) is 7.25. The molecule has 3 aromatic rings. The number of pyridine rings is 1. The molecule has 1 amide bonds. The number of thiophene rings is 1. The van der Waals surface area contributed by atoms with Crippen molar-refractivity contribution in [3.8, 4) is 10.6 Å². The zero-order valence-corrected chi connectivity index (χ0v) is 15.7. The third-order valence-corrected chi connectivity index (χ3v) is 4.45. The predicted molar refractivity (Wildman–Crippen MR) is 103 cm³/mol. The summed E-state index contributed by atoms with van der Waals surface area (Å²) in [5.74, 6) is -0.867. The molecular formula is C20H20N2O3S. The summed E-state index contributed by atoms with van der Waals surface area (Å²) in [6, 6.07) is 13.0. The maximum Gasteiger partial charge on any atom is 0.339 e. The lowest BCUT2D eigenvalue weighted by atomic mass is 10.1. The Morgan fingerprint density at radius 2 is 1.92 bits per heavy atom. The number of nitrogens with zero attached hydrogens (tertiary/aromatic N) is 1. The predicted octanol–water partition coefficient (Wildman–Crippen LogP) is 4.03. The molecule has 134 valence electrons. The molecule has 1 N–H and O–H groups in total. The van der Waals surface area contributed by atoms with Gasteiger partial charge in [-0.25, -0.2) is 9.78 Å². The molecular weight excluding hydrogens is 348 g/mol. The van der Waals surface area contributed by atoms with Gasteiger partial charge in [-0.2, -0.15) is 0 Å². The second-order valence-electron chi connectivity index (χ2n) is 6.92. The molecule has 0 spiro atoms. The van der Waals surface area contributed by atoms with Crippen molar-refractivity contribution in [1.82, 2.24) is 10.3 Å². The Kier molecular flexibility index (Phi) is 5.04. The van der Waals surface area contributed by atoms with Gasteiger partial charge in [0.1, 0.15) is 0 Å². The summed E-state index contributed by atoms with van der Waals surface area (Å²) in [4.78, 5) is 30.1. The lowest BCUT2D eigenvalue weighted by Gasteiger charge is -2.20. The molecule has 0 fully saturated rings. The van der Waals surface area contributed by atoms with Gasteiger partial charge >= 0.3 is 5.97 Å². The average Bonchev–Trinajstić information content (AvgIpc) is 3.12. The Morgan fingerprint density at radius 1 is 1.15 bits per heavy atom. The van der Waals surface area contributed by atoms with E-state index in [9.17, 15) is 9.59 Å². The first-order valence-corrected chi connectivity index (χ1v) is 9.13. The number of carbonyl (C=O) groups is 2. The number of aromatic nitrogens is 1. The van der Waals surface area contributed by atoms with Crippen LogP contribution in [-0.4, -0.2) is 29.0 Å². The molecule has 5 nitrogen and oxygen atoms in total. The van der Waals surface area contributed by atoms with Gasteiger partial charge in [-0.1, -0.05) is 24.3 Å². The van der Waals surface area contributed by atoms with Gasteiger partial charge in [0.15, 0.2) is 6.61 Å². The molecule has 1 aromatic carbocycles. The maximum absolute atomic E-state index is 12.6. The van der Waals surface area contributed by atoms with Crippen LogP contribution in [0.15, 0.2) is 47.8 Å². The van der Waals surface area contributed by atoms with E-state index in [1.807, 2.05) is 62.5 Å². The normalized spacial score (nSPS) is 11.3. The van der Waals surface area contributed by atoms with Crippen LogP contribution in [0.25, 0.3) is 21.5 Å². The van der Waals surface area contributed by atoms with Crippen LogP contribution in [0.1, 0.15) is 31.1 Å². The van der Waals surface area contributed by atoms with E-state index >= 15 is 0 Å². The van der Waals surface area contributed by atoms with Crippen molar-refractivity contribution in [2.45, 2.75) is 26.3 Å². The number of hydrogen-bond acceptors (Lipinski definition) is 5. The molecule has 0 atom stereocenters. The molecule has 26 heavy (non-hydrogen) atoms. The van der Waals surface area contributed by atoms with Crippen molar-refractivity contribution in [3.63, 3.8) is 0 Å². The number of rotatable bonds is 4. The second-order valence-corrected chi connectivity index (χ2v) is 7.87. The Hall–Kier alpha value is -2.73. The summed E-state index contributed by atoms with van der Waals surface area (Å²) < 4.78 is 5.24. The van der Waals surface area contributed by atoms with Gasteiger partial charge in [-0.05, 0) is 44.4 Å². The highest BCUT2D eigenvalue weighted by Gasteiger charge is 2.18. The molecule has 0 aliphatic heterocycles. The number of nitrogens with one attached hydrogen (secondary N) is 1. The van der Waals surface area contributed by atoms with Crippen LogP contribution in [0.5, 0.6) is 0 Å². The summed E-state index contributed by atoms with van der Waals surface area (Å²) in [5, 5.41) is 5.43. The number of esters is 1. The SMILES string of the molecule is CC(C)(C)NC(=O)COC(=O)c1cc(-c2cccs2)nc2ccccc12. The number of amides is 1. The first-order chi connectivity index (χ1) is 12.3. The van der Waals surface area contributed by atoms with E-state index in [1.54, 1.807) is 17.4 Å². The van der Waals surface area contributed by atoms with Gasteiger partial charge < -0.3 is 10.1 Å². The van der Waals surface area contributed by atoms with Crippen LogP contribution in [-0.2, 0) is 9.53 Å². The number of carbonyl (C=O) groups excluding carboxylic acids is 2. The number of fused-ring (bicyclic) bond motifs is 1. The van der Waals surface area contributed by atoms with Crippen LogP contribution in [0.2, 0.25) is 0 Å². The summed E-state index contributed by atoms with van der Waals surface area (Å²) >= 11 is 1.55. The van der Waals surface area contributed by atoms with E-state index < -0.39 is 5.97 Å². The van der Waals surface area contributed by atoms with Crippen LogP contribution in [0.4, 0.5) is 0 Å². The van der Waals surface area contributed by atoms with Gasteiger partial charge in [0.05, 0.1) is 21.7 Å². The largest absolute Gasteiger partial charge is 0.452 e. The van der Waals surface area contributed by atoms with Gasteiger partial charge in [-0.3, -0.25) is 4.79 Å². The third-order valence-electron chi connectivity index (χ3n) is 3.56. The van der Waals surface area contributed by atoms with Gasteiger partial charge in [-0.15, -0.1) is 11.3 Å². The van der Waals surface area contributed by atoms with Crippen LogP contribution in [0, 0.1) is 0 Å². The molecule has 2 aromatic heterocycles. The molecule has 0 saturated heterocycles. The summed E-state index contributed by atoms with van der Waals surface area (Å²) in [7, 11) is 0. The zero-order valence-electron chi connectivity index (χ0n) is 14.9. The number of benzene rings is 1. The van der Waals surface area contributed by atoms with Gasteiger partial charge in [0.25, 0.3) is 5.91 Å². The molecule has 3 rings (SSSR count). The molecule has 0 aliphatic rings. The molecule has 0 aliphatic carbocycles. The monoisotopic (exact) mass is 368 g/mol. The highest BCUT2D eigenvalue weighted by atomic mass is 32.1. The fourth-order valence-electron chi connectivity index (χ4n) is 2.56. The van der Waals surface area contributed by atoms with E-state index in [4.69, 9.17) is 4.74 Å². The van der Waals surface area contributed by atoms with Crippen molar-refractivity contribution >= 4 is 34.1 Å². The van der Waals surface area contributed by atoms with E-state index in [2.05, 4.69) is 10.3 Å². The standard InChI is InChI=1S/C20H20N2O3S/c1-20(2,3)22-18(23)12-25-19(24)14-11-16(17-9-6-10-26-17)21-15-8-5-4-7-13(14)15/h4-11H,12H2,1-3H3,(H,22,23). The minimum absolute atomic E-state index is 0.318. The molecule has 2 heterocycles. The molecule has 0 radical (unpaired) electrons. The summed E-state index contributed by atoms with van der Waals surface area (Å²) in [6.07, 6.45) is 0. The van der Waals surface area contributed by atoms with Crippen LogP contribution >= 0.6 is 11.3 Å². The quantitative estimate of drug-likeness (QED) is 0.706. The van der Waals surface area contributed by atoms with Crippen molar-refractivity contribution in [2.24, 2.45) is 0 Å². The van der Waals surface area contributed by atoms with Crippen molar-refractivity contribution in [3.05, 3.63) is 53.4 Å². The van der Waals surface area contributed by atoms with Crippen molar-refractivity contribution in [1.29, 1.82) is 0 Å². The molecule has 0 unspecified atom stereocenters. The molecule has 6 heteroatoms. The first kappa shape index (κ1) is 18.1. The first-order valence-electron chi connectivity index (χ1n) is 8.25. The topological polar surface area (TPSA) is 68.3 Å². The van der Waals surface area contributed by atoms with Gasteiger partial charge in [0.2, 0.25) is 0 Å². The van der Waals surface area contributed by atoms with E-state index in [1.165, 1.54) is 0 Å². The van der Waals surface area contributed by atoms with Crippen LogP contribution in [0.3, 0.4) is 0 Å². The van der Waals surface area contributed by atoms with E-state index in [-0.39, 0.29) is 18.1 Å².